The quantitative estimate of drug-likeness (QED) is 0.775. The molecule has 0 atom stereocenters. The monoisotopic (exact) mass is 228 g/mol. The number of anilines is 1. The highest BCUT2D eigenvalue weighted by Crippen LogP contribution is 2.28. The number of rotatable bonds is 5. The summed E-state index contributed by atoms with van der Waals surface area (Å²) >= 11 is 0. The van der Waals surface area contributed by atoms with Gasteiger partial charge in [-0.3, -0.25) is 0 Å². The Hall–Kier alpha value is -1.49. The van der Waals surface area contributed by atoms with Gasteiger partial charge in [-0.2, -0.15) is 5.26 Å². The van der Waals surface area contributed by atoms with E-state index in [1.54, 1.807) is 0 Å². The second-order valence-electron chi connectivity index (χ2n) is 4.91. The van der Waals surface area contributed by atoms with E-state index in [1.165, 1.54) is 38.5 Å². The highest BCUT2D eigenvalue weighted by Gasteiger charge is 2.13. The minimum absolute atomic E-state index is 0.728. The van der Waals surface area contributed by atoms with Crippen LogP contribution in [0.5, 0.6) is 0 Å². The van der Waals surface area contributed by atoms with E-state index in [2.05, 4.69) is 11.4 Å². The van der Waals surface area contributed by atoms with Crippen LogP contribution in [0.4, 0.5) is 5.69 Å². The molecule has 0 heterocycles. The second kappa shape index (κ2) is 6.30. The summed E-state index contributed by atoms with van der Waals surface area (Å²) < 4.78 is 0. The normalized spacial score (nSPS) is 15.7. The molecule has 17 heavy (non-hydrogen) atoms. The summed E-state index contributed by atoms with van der Waals surface area (Å²) in [5, 5.41) is 12.2. The minimum atomic E-state index is 0.728. The highest BCUT2D eigenvalue weighted by atomic mass is 14.9. The van der Waals surface area contributed by atoms with Gasteiger partial charge in [-0.1, -0.05) is 31.7 Å². The Balaban J connectivity index is 1.68. The van der Waals surface area contributed by atoms with Gasteiger partial charge < -0.3 is 5.32 Å². The van der Waals surface area contributed by atoms with Crippen molar-refractivity contribution in [1.82, 2.24) is 0 Å². The van der Waals surface area contributed by atoms with Crippen molar-refractivity contribution in [2.45, 2.75) is 38.5 Å². The van der Waals surface area contributed by atoms with Crippen molar-refractivity contribution < 1.29 is 0 Å². The first kappa shape index (κ1) is 12.0. The lowest BCUT2D eigenvalue weighted by atomic mass is 10.0. The molecule has 0 bridgehead atoms. The van der Waals surface area contributed by atoms with Gasteiger partial charge in [0.25, 0.3) is 0 Å². The molecule has 1 aliphatic rings. The molecule has 0 unspecified atom stereocenters. The molecule has 1 aromatic rings. The fourth-order valence-corrected chi connectivity index (χ4v) is 2.62. The zero-order valence-electron chi connectivity index (χ0n) is 10.3. The SMILES string of the molecule is N#Cc1cccc(NCCCC2CCCC2)c1. The molecule has 2 heteroatoms. The van der Waals surface area contributed by atoms with Gasteiger partial charge >= 0.3 is 0 Å². The second-order valence-corrected chi connectivity index (χ2v) is 4.91. The molecule has 2 nitrogen and oxygen atoms in total. The predicted octanol–water partition coefficient (Wildman–Crippen LogP) is 3.94. The van der Waals surface area contributed by atoms with Crippen molar-refractivity contribution in [2.75, 3.05) is 11.9 Å². The Labute approximate surface area is 104 Å². The average molecular weight is 228 g/mol. The van der Waals surface area contributed by atoms with Gasteiger partial charge in [0.1, 0.15) is 0 Å². The zero-order chi connectivity index (χ0) is 11.9. The predicted molar refractivity (Wildman–Crippen MR) is 70.8 cm³/mol. The van der Waals surface area contributed by atoms with E-state index in [1.807, 2.05) is 24.3 Å². The van der Waals surface area contributed by atoms with Crippen LogP contribution in [0, 0.1) is 17.2 Å². The molecule has 2 rings (SSSR count). The smallest absolute Gasteiger partial charge is 0.0992 e. The van der Waals surface area contributed by atoms with Crippen molar-refractivity contribution in [3.05, 3.63) is 29.8 Å². The number of hydrogen-bond acceptors (Lipinski definition) is 2. The number of nitrogens with zero attached hydrogens (tertiary/aromatic N) is 1. The lowest BCUT2D eigenvalue weighted by molar-refractivity contribution is 0.491. The first-order chi connectivity index (χ1) is 8.38. The maximum absolute atomic E-state index is 8.80. The summed E-state index contributed by atoms with van der Waals surface area (Å²) in [6.45, 7) is 1.02. The lowest BCUT2D eigenvalue weighted by Crippen LogP contribution is -2.04. The Morgan fingerprint density at radius 2 is 2.12 bits per heavy atom. The van der Waals surface area contributed by atoms with E-state index in [0.29, 0.717) is 0 Å². The molecule has 1 aromatic carbocycles. The third-order valence-electron chi connectivity index (χ3n) is 3.58. The summed E-state index contributed by atoms with van der Waals surface area (Å²) in [6, 6.07) is 9.86. The van der Waals surface area contributed by atoms with Gasteiger partial charge in [-0.05, 0) is 37.0 Å². The van der Waals surface area contributed by atoms with E-state index in [0.717, 1.165) is 23.7 Å². The van der Waals surface area contributed by atoms with Gasteiger partial charge in [-0.15, -0.1) is 0 Å². The van der Waals surface area contributed by atoms with Crippen LogP contribution in [0.25, 0.3) is 0 Å². The van der Waals surface area contributed by atoms with E-state index in [-0.39, 0.29) is 0 Å². The average Bonchev–Trinajstić information content (AvgIpc) is 2.88. The van der Waals surface area contributed by atoms with Gasteiger partial charge in [0.15, 0.2) is 0 Å². The van der Waals surface area contributed by atoms with Gasteiger partial charge in [-0.25, -0.2) is 0 Å². The molecule has 1 saturated carbocycles. The molecule has 0 radical (unpaired) electrons. The molecule has 0 spiro atoms. The summed E-state index contributed by atoms with van der Waals surface area (Å²) in [4.78, 5) is 0. The number of hydrogen-bond donors (Lipinski definition) is 1. The fourth-order valence-electron chi connectivity index (χ4n) is 2.62. The summed E-state index contributed by atoms with van der Waals surface area (Å²) in [5.41, 5.74) is 1.79. The third kappa shape index (κ3) is 3.78. The molecule has 0 aromatic heterocycles. The Morgan fingerprint density at radius 1 is 1.29 bits per heavy atom. The van der Waals surface area contributed by atoms with Crippen LogP contribution in [0.2, 0.25) is 0 Å². The molecule has 0 saturated heterocycles. The number of nitriles is 1. The van der Waals surface area contributed by atoms with Crippen molar-refractivity contribution in [3.63, 3.8) is 0 Å². The fraction of sp³-hybridized carbons (Fsp3) is 0.533. The molecule has 90 valence electrons. The van der Waals surface area contributed by atoms with Crippen LogP contribution in [0.3, 0.4) is 0 Å². The van der Waals surface area contributed by atoms with Crippen LogP contribution in [-0.4, -0.2) is 6.54 Å². The Kier molecular flexibility index (Phi) is 4.44. The molecule has 1 N–H and O–H groups in total. The van der Waals surface area contributed by atoms with Crippen LogP contribution < -0.4 is 5.32 Å². The largest absolute Gasteiger partial charge is 0.385 e. The zero-order valence-corrected chi connectivity index (χ0v) is 10.3. The van der Waals surface area contributed by atoms with Gasteiger partial charge in [0.2, 0.25) is 0 Å². The van der Waals surface area contributed by atoms with Crippen LogP contribution in [0.15, 0.2) is 24.3 Å². The highest BCUT2D eigenvalue weighted by molar-refractivity contribution is 5.48. The first-order valence-corrected chi connectivity index (χ1v) is 6.62. The topological polar surface area (TPSA) is 35.8 Å². The van der Waals surface area contributed by atoms with Crippen LogP contribution in [0.1, 0.15) is 44.1 Å². The molecular formula is C15H20N2. The molecule has 0 aliphatic heterocycles. The summed E-state index contributed by atoms with van der Waals surface area (Å²) in [5.74, 6) is 0.974. The third-order valence-corrected chi connectivity index (χ3v) is 3.58. The Morgan fingerprint density at radius 3 is 2.88 bits per heavy atom. The van der Waals surface area contributed by atoms with Crippen molar-refractivity contribution in [1.29, 1.82) is 5.26 Å². The van der Waals surface area contributed by atoms with Crippen molar-refractivity contribution in [3.8, 4) is 6.07 Å². The van der Waals surface area contributed by atoms with Crippen LogP contribution in [-0.2, 0) is 0 Å². The van der Waals surface area contributed by atoms with E-state index >= 15 is 0 Å². The summed E-state index contributed by atoms with van der Waals surface area (Å²) in [6.07, 6.45) is 8.32. The standard InChI is InChI=1S/C15H20N2/c16-12-14-7-3-9-15(11-14)17-10-4-8-13-5-1-2-6-13/h3,7,9,11,13,17H,1-2,4-6,8,10H2. The molecular weight excluding hydrogens is 208 g/mol. The maximum atomic E-state index is 8.80. The van der Waals surface area contributed by atoms with Crippen molar-refractivity contribution >= 4 is 5.69 Å². The van der Waals surface area contributed by atoms with Crippen molar-refractivity contribution in [2.24, 2.45) is 5.92 Å². The molecule has 1 fully saturated rings. The molecule has 1 aliphatic carbocycles. The van der Waals surface area contributed by atoms with Crippen LogP contribution >= 0.6 is 0 Å². The maximum Gasteiger partial charge on any atom is 0.0992 e. The summed E-state index contributed by atoms with van der Waals surface area (Å²) in [7, 11) is 0. The number of nitrogens with one attached hydrogen (secondary N) is 1. The van der Waals surface area contributed by atoms with E-state index in [9.17, 15) is 0 Å². The molecule has 0 amide bonds. The van der Waals surface area contributed by atoms with E-state index < -0.39 is 0 Å². The van der Waals surface area contributed by atoms with E-state index in [4.69, 9.17) is 5.26 Å². The first-order valence-electron chi connectivity index (χ1n) is 6.62. The van der Waals surface area contributed by atoms with Gasteiger partial charge in [0, 0.05) is 12.2 Å². The lowest BCUT2D eigenvalue weighted by Gasteiger charge is -2.10. The minimum Gasteiger partial charge on any atom is -0.385 e. The Bertz CT molecular complexity index is 386. The number of benzene rings is 1. The van der Waals surface area contributed by atoms with Gasteiger partial charge in [0.05, 0.1) is 11.6 Å².